The molecule has 8 nitrogen and oxygen atoms in total. The number of fused-ring (bicyclic) bond motifs is 1. The molecule has 0 bridgehead atoms. The zero-order valence-electron chi connectivity index (χ0n) is 17.2. The molecule has 0 fully saturated rings. The predicted molar refractivity (Wildman–Crippen MR) is 116 cm³/mol. The smallest absolute Gasteiger partial charge is 0.274 e. The van der Waals surface area contributed by atoms with Gasteiger partial charge in [-0.3, -0.25) is 4.79 Å². The van der Waals surface area contributed by atoms with Crippen LogP contribution in [0.4, 0.5) is 0 Å². The lowest BCUT2D eigenvalue weighted by Gasteiger charge is -2.02. The number of aromatic nitrogens is 5. The second-order valence-electron chi connectivity index (χ2n) is 7.62. The molecule has 1 N–H and O–H groups in total. The summed E-state index contributed by atoms with van der Waals surface area (Å²) < 4.78 is 5.25. The molecule has 3 aromatic heterocycles. The molecular weight excluding hydrogens is 392 g/mol. The Kier molecular flexibility index (Phi) is 4.74. The van der Waals surface area contributed by atoms with E-state index in [1.165, 1.54) is 6.33 Å². The highest BCUT2D eigenvalue weighted by molar-refractivity contribution is 6.42. The summed E-state index contributed by atoms with van der Waals surface area (Å²) in [7, 11) is 0. The lowest BCUT2D eigenvalue weighted by molar-refractivity contribution is -0.113. The Balaban J connectivity index is 1.36. The minimum absolute atomic E-state index is 0.0599. The first-order valence-electron chi connectivity index (χ1n) is 10.1. The van der Waals surface area contributed by atoms with Gasteiger partial charge in [-0.2, -0.15) is 4.98 Å². The maximum absolute atomic E-state index is 12.7. The van der Waals surface area contributed by atoms with Crippen LogP contribution in [0.3, 0.4) is 0 Å². The molecule has 0 spiro atoms. The molecule has 31 heavy (non-hydrogen) atoms. The summed E-state index contributed by atoms with van der Waals surface area (Å²) in [6.45, 7) is 3.81. The van der Waals surface area contributed by atoms with Crippen LogP contribution in [0.1, 0.15) is 36.8 Å². The van der Waals surface area contributed by atoms with Crippen LogP contribution in [0.5, 0.6) is 0 Å². The number of hydrogen-bond acceptors (Lipinski definition) is 7. The molecular formula is C23H20N6O2. The van der Waals surface area contributed by atoms with Gasteiger partial charge in [0.1, 0.15) is 12.0 Å². The Labute approximate surface area is 178 Å². The Morgan fingerprint density at radius 2 is 2.10 bits per heavy atom. The van der Waals surface area contributed by atoms with E-state index in [1.807, 2.05) is 31.2 Å². The fourth-order valence-corrected chi connectivity index (χ4v) is 3.73. The monoisotopic (exact) mass is 412 g/mol. The van der Waals surface area contributed by atoms with E-state index in [1.54, 1.807) is 13.1 Å². The lowest BCUT2D eigenvalue weighted by atomic mass is 10.0. The van der Waals surface area contributed by atoms with Crippen molar-refractivity contribution in [1.29, 1.82) is 0 Å². The number of carbonyl (C=O) groups is 1. The highest BCUT2D eigenvalue weighted by atomic mass is 16.5. The number of ketones is 1. The van der Waals surface area contributed by atoms with Crippen LogP contribution in [0, 0.1) is 6.92 Å². The number of nitrogens with zero attached hydrogens (tertiary/aromatic N) is 5. The quantitative estimate of drug-likeness (QED) is 0.511. The molecule has 0 aliphatic carbocycles. The van der Waals surface area contributed by atoms with Gasteiger partial charge in [0.05, 0.1) is 11.4 Å². The highest BCUT2D eigenvalue weighted by Gasteiger charge is 2.22. The van der Waals surface area contributed by atoms with Crippen molar-refractivity contribution >= 4 is 28.1 Å². The Morgan fingerprint density at radius 3 is 2.87 bits per heavy atom. The number of aliphatic imine (C=N–C) groups is 1. The van der Waals surface area contributed by atoms with Crippen molar-refractivity contribution in [3.05, 3.63) is 65.5 Å². The fraction of sp³-hybridized carbons (Fsp3) is 0.217. The zero-order chi connectivity index (χ0) is 21.4. The highest BCUT2D eigenvalue weighted by Crippen LogP contribution is 2.32. The summed E-state index contributed by atoms with van der Waals surface area (Å²) in [5.74, 6) is 1.11. The van der Waals surface area contributed by atoms with Crippen molar-refractivity contribution in [3.8, 4) is 11.6 Å². The molecule has 1 aliphatic heterocycles. The van der Waals surface area contributed by atoms with Gasteiger partial charge in [-0.05, 0) is 50.1 Å². The summed E-state index contributed by atoms with van der Waals surface area (Å²) >= 11 is 0. The normalized spacial score (nSPS) is 13.8. The molecule has 1 aliphatic rings. The molecule has 5 rings (SSSR count). The minimum Gasteiger partial charge on any atom is -0.351 e. The number of H-pyrrole nitrogens is 1. The molecule has 8 heteroatoms. The van der Waals surface area contributed by atoms with Crippen LogP contribution in [0.15, 0.2) is 57.9 Å². The number of aryl methyl sites for hydroxylation is 2. The van der Waals surface area contributed by atoms with Crippen LogP contribution in [-0.2, 0) is 11.2 Å². The second kappa shape index (κ2) is 7.71. The average molecular weight is 412 g/mol. The largest absolute Gasteiger partial charge is 0.351 e. The van der Waals surface area contributed by atoms with Gasteiger partial charge in [-0.25, -0.2) is 15.0 Å². The maximum Gasteiger partial charge on any atom is 0.274 e. The van der Waals surface area contributed by atoms with Crippen LogP contribution in [0.25, 0.3) is 28.2 Å². The van der Waals surface area contributed by atoms with E-state index in [0.29, 0.717) is 36.7 Å². The Hall–Kier alpha value is -3.94. The van der Waals surface area contributed by atoms with Crippen LogP contribution in [0.2, 0.25) is 0 Å². The van der Waals surface area contributed by atoms with Crippen molar-refractivity contribution in [1.82, 2.24) is 25.1 Å². The minimum atomic E-state index is 0.0599. The van der Waals surface area contributed by atoms with E-state index in [-0.39, 0.29) is 5.78 Å². The summed E-state index contributed by atoms with van der Waals surface area (Å²) in [5, 5.41) is 4.86. The van der Waals surface area contributed by atoms with Gasteiger partial charge in [0, 0.05) is 41.2 Å². The molecule has 0 unspecified atom stereocenters. The molecule has 1 aromatic carbocycles. The molecule has 0 saturated heterocycles. The second-order valence-corrected chi connectivity index (χ2v) is 7.62. The van der Waals surface area contributed by atoms with Gasteiger partial charge in [-0.15, -0.1) is 0 Å². The third-order valence-electron chi connectivity index (χ3n) is 5.31. The number of Topliss-reactive ketones (excluding diaryl/α,β-unsaturated/α-hetero) is 1. The van der Waals surface area contributed by atoms with Gasteiger partial charge in [0.15, 0.2) is 11.6 Å². The SMILES string of the molecule is CC1=C(c2ccc3[nH]c(-c4nc(C)no4)cc3c2)N=C(C(=O)CCc2ccncn2)C1. The number of carbonyl (C=O) groups excluding carboxylic acids is 1. The number of rotatable bonds is 6. The van der Waals surface area contributed by atoms with E-state index in [4.69, 9.17) is 4.52 Å². The number of aromatic amines is 1. The van der Waals surface area contributed by atoms with Crippen molar-refractivity contribution in [3.63, 3.8) is 0 Å². The summed E-state index contributed by atoms with van der Waals surface area (Å²) in [6, 6.07) is 9.89. The third kappa shape index (κ3) is 3.79. The third-order valence-corrected chi connectivity index (χ3v) is 5.31. The molecule has 0 amide bonds. The summed E-state index contributed by atoms with van der Waals surface area (Å²) in [4.78, 5) is 33.0. The fourth-order valence-electron chi connectivity index (χ4n) is 3.73. The van der Waals surface area contributed by atoms with E-state index in [2.05, 4.69) is 36.2 Å². The standard InChI is InChI=1S/C23H20N6O2/c1-13-9-19(21(30)6-4-17-7-8-24-12-25-17)28-22(13)15-3-5-18-16(10-15)11-20(27-18)23-26-14(2)29-31-23/h3,5,7-8,10-12,27H,4,6,9H2,1-2H3. The number of benzene rings is 1. The molecule has 0 radical (unpaired) electrons. The first-order valence-corrected chi connectivity index (χ1v) is 10.1. The summed E-state index contributed by atoms with van der Waals surface area (Å²) in [6.07, 6.45) is 4.74. The molecule has 4 heterocycles. The average Bonchev–Trinajstić information content (AvgIpc) is 3.50. The first kappa shape index (κ1) is 19.0. The van der Waals surface area contributed by atoms with Crippen molar-refractivity contribution < 1.29 is 9.32 Å². The molecule has 0 atom stereocenters. The molecule has 4 aromatic rings. The van der Waals surface area contributed by atoms with E-state index < -0.39 is 0 Å². The van der Waals surface area contributed by atoms with Crippen molar-refractivity contribution in [2.24, 2.45) is 4.99 Å². The van der Waals surface area contributed by atoms with Gasteiger partial charge in [-0.1, -0.05) is 11.2 Å². The van der Waals surface area contributed by atoms with Gasteiger partial charge >= 0.3 is 0 Å². The summed E-state index contributed by atoms with van der Waals surface area (Å²) in [5.41, 5.74) is 6.15. The molecule has 0 saturated carbocycles. The number of allylic oxidation sites excluding steroid dienone is 1. The van der Waals surface area contributed by atoms with E-state index >= 15 is 0 Å². The van der Waals surface area contributed by atoms with Crippen molar-refractivity contribution in [2.75, 3.05) is 0 Å². The Morgan fingerprint density at radius 1 is 1.19 bits per heavy atom. The van der Waals surface area contributed by atoms with Gasteiger partial charge < -0.3 is 9.51 Å². The van der Waals surface area contributed by atoms with Crippen molar-refractivity contribution in [2.45, 2.75) is 33.1 Å². The maximum atomic E-state index is 12.7. The number of hydrogen-bond donors (Lipinski definition) is 1. The zero-order valence-corrected chi connectivity index (χ0v) is 17.2. The first-order chi connectivity index (χ1) is 15.1. The Bertz CT molecular complexity index is 1350. The number of nitrogens with one attached hydrogen (secondary N) is 1. The van der Waals surface area contributed by atoms with Crippen LogP contribution >= 0.6 is 0 Å². The van der Waals surface area contributed by atoms with Crippen LogP contribution in [-0.4, -0.2) is 36.6 Å². The van der Waals surface area contributed by atoms with Gasteiger partial charge in [0.2, 0.25) is 0 Å². The molecule has 154 valence electrons. The van der Waals surface area contributed by atoms with E-state index in [9.17, 15) is 4.79 Å². The lowest BCUT2D eigenvalue weighted by Crippen LogP contribution is -2.13. The van der Waals surface area contributed by atoms with E-state index in [0.717, 1.165) is 39.1 Å². The predicted octanol–water partition coefficient (Wildman–Crippen LogP) is 4.09. The van der Waals surface area contributed by atoms with Crippen LogP contribution < -0.4 is 0 Å². The van der Waals surface area contributed by atoms with Gasteiger partial charge in [0.25, 0.3) is 5.89 Å². The topological polar surface area (TPSA) is 110 Å².